The van der Waals surface area contributed by atoms with Crippen LogP contribution in [0.1, 0.15) is 17.3 Å². The summed E-state index contributed by atoms with van der Waals surface area (Å²) in [6, 6.07) is 1.98. The number of benzene rings is 1. The molecule has 1 heterocycles. The summed E-state index contributed by atoms with van der Waals surface area (Å²) in [6.45, 7) is 3.21. The molecule has 1 aliphatic heterocycles. The van der Waals surface area contributed by atoms with Gasteiger partial charge in [0, 0.05) is 30.9 Å². The molecule has 0 spiro atoms. The lowest BCUT2D eigenvalue weighted by molar-refractivity contribution is 0.0782. The Morgan fingerprint density at radius 1 is 1.30 bits per heavy atom. The molecule has 2 N–H and O–H groups in total. The molecule has 2 atom stereocenters. The van der Waals surface area contributed by atoms with Gasteiger partial charge < -0.3 is 15.5 Å². The molecule has 20 heavy (non-hydrogen) atoms. The number of hydrogen-bond acceptors (Lipinski definition) is 3. The zero-order chi connectivity index (χ0) is 15.0. The third-order valence-corrected chi connectivity index (χ3v) is 3.85. The highest BCUT2D eigenvalue weighted by atomic mass is 19.2. The van der Waals surface area contributed by atoms with Crippen LogP contribution in [0, 0.1) is 17.6 Å². The van der Waals surface area contributed by atoms with Crippen molar-refractivity contribution in [2.24, 2.45) is 5.92 Å². The third kappa shape index (κ3) is 2.60. The molecule has 0 aromatic heterocycles. The second kappa shape index (κ2) is 5.36. The summed E-state index contributed by atoms with van der Waals surface area (Å²) < 4.78 is 26.3. The molecule has 1 fully saturated rings. The Balaban J connectivity index is 2.23. The van der Waals surface area contributed by atoms with Gasteiger partial charge in [0.1, 0.15) is 0 Å². The second-order valence-corrected chi connectivity index (χ2v) is 5.57. The van der Waals surface area contributed by atoms with Crippen LogP contribution >= 0.6 is 0 Å². The number of likely N-dealkylation sites (tertiary alicyclic amines) is 1. The van der Waals surface area contributed by atoms with Crippen LogP contribution in [-0.2, 0) is 0 Å². The number of likely N-dealkylation sites (N-methyl/N-ethyl adjacent to an activating group) is 1. The summed E-state index contributed by atoms with van der Waals surface area (Å²) in [4.78, 5) is 16.1. The lowest BCUT2D eigenvalue weighted by Crippen LogP contribution is -2.36. The van der Waals surface area contributed by atoms with Gasteiger partial charge >= 0.3 is 0 Å². The number of nitrogens with zero attached hydrogens (tertiary/aromatic N) is 2. The Labute approximate surface area is 117 Å². The van der Waals surface area contributed by atoms with Crippen LogP contribution in [-0.4, -0.2) is 48.9 Å². The van der Waals surface area contributed by atoms with E-state index in [1.54, 1.807) is 4.90 Å². The standard InChI is InChI=1S/C14H19F2N3O/c1-8-6-19(7-13(8)18(2)3)14(20)9-4-10(15)11(16)5-12(9)17/h4-5,8,13H,6-7,17H2,1-3H3. The van der Waals surface area contributed by atoms with E-state index in [2.05, 4.69) is 11.8 Å². The number of carbonyl (C=O) groups is 1. The molecule has 0 bridgehead atoms. The number of hydrogen-bond donors (Lipinski definition) is 1. The van der Waals surface area contributed by atoms with Gasteiger partial charge in [-0.1, -0.05) is 6.92 Å². The topological polar surface area (TPSA) is 49.6 Å². The Bertz CT molecular complexity index is 533. The fraction of sp³-hybridized carbons (Fsp3) is 0.500. The Morgan fingerprint density at radius 2 is 1.90 bits per heavy atom. The molecule has 1 aromatic carbocycles. The molecule has 2 rings (SSSR count). The van der Waals surface area contributed by atoms with Crippen LogP contribution in [0.25, 0.3) is 0 Å². The monoisotopic (exact) mass is 283 g/mol. The predicted octanol–water partition coefficient (Wildman–Crippen LogP) is 1.57. The summed E-state index contributed by atoms with van der Waals surface area (Å²) in [5, 5.41) is 0. The molecule has 1 amide bonds. The van der Waals surface area contributed by atoms with E-state index < -0.39 is 11.6 Å². The van der Waals surface area contributed by atoms with E-state index in [4.69, 9.17) is 5.73 Å². The van der Waals surface area contributed by atoms with Crippen molar-refractivity contribution in [3.05, 3.63) is 29.3 Å². The zero-order valence-electron chi connectivity index (χ0n) is 11.9. The van der Waals surface area contributed by atoms with Gasteiger partial charge in [0.15, 0.2) is 11.6 Å². The molecule has 0 aliphatic carbocycles. The highest BCUT2D eigenvalue weighted by Crippen LogP contribution is 2.25. The molecule has 6 heteroatoms. The van der Waals surface area contributed by atoms with E-state index in [0.29, 0.717) is 19.0 Å². The van der Waals surface area contributed by atoms with Crippen LogP contribution in [0.4, 0.5) is 14.5 Å². The molecule has 1 aromatic rings. The average molecular weight is 283 g/mol. The van der Waals surface area contributed by atoms with Crippen LogP contribution < -0.4 is 5.73 Å². The van der Waals surface area contributed by atoms with Crippen LogP contribution in [0.15, 0.2) is 12.1 Å². The minimum Gasteiger partial charge on any atom is -0.398 e. The van der Waals surface area contributed by atoms with Gasteiger partial charge in [-0.15, -0.1) is 0 Å². The third-order valence-electron chi connectivity index (χ3n) is 3.85. The fourth-order valence-corrected chi connectivity index (χ4v) is 2.71. The van der Waals surface area contributed by atoms with Gasteiger partial charge in [-0.2, -0.15) is 0 Å². The normalized spacial score (nSPS) is 22.6. The minimum atomic E-state index is -1.06. The molecular formula is C14H19F2N3O. The van der Waals surface area contributed by atoms with E-state index >= 15 is 0 Å². The van der Waals surface area contributed by atoms with Gasteiger partial charge in [0.05, 0.1) is 5.56 Å². The molecular weight excluding hydrogens is 264 g/mol. The number of amides is 1. The van der Waals surface area contributed by atoms with Gasteiger partial charge in [0.2, 0.25) is 0 Å². The average Bonchev–Trinajstić information content (AvgIpc) is 2.75. The lowest BCUT2D eigenvalue weighted by atomic mass is 10.1. The van der Waals surface area contributed by atoms with E-state index in [1.807, 2.05) is 14.1 Å². The van der Waals surface area contributed by atoms with Crippen molar-refractivity contribution in [2.45, 2.75) is 13.0 Å². The summed E-state index contributed by atoms with van der Waals surface area (Å²) >= 11 is 0. The highest BCUT2D eigenvalue weighted by molar-refractivity contribution is 5.99. The largest absolute Gasteiger partial charge is 0.398 e. The number of anilines is 1. The first-order valence-electron chi connectivity index (χ1n) is 6.51. The van der Waals surface area contributed by atoms with Gasteiger partial charge in [0.25, 0.3) is 5.91 Å². The Hall–Kier alpha value is -1.69. The Kier molecular flexibility index (Phi) is 3.94. The van der Waals surface area contributed by atoms with Gasteiger partial charge in [-0.25, -0.2) is 8.78 Å². The van der Waals surface area contributed by atoms with Crippen LogP contribution in [0.5, 0.6) is 0 Å². The second-order valence-electron chi connectivity index (χ2n) is 5.57. The maximum atomic E-state index is 13.3. The van der Waals surface area contributed by atoms with Gasteiger partial charge in [-0.3, -0.25) is 4.79 Å². The molecule has 0 saturated carbocycles. The zero-order valence-corrected chi connectivity index (χ0v) is 11.9. The Morgan fingerprint density at radius 3 is 2.45 bits per heavy atom. The molecule has 1 aliphatic rings. The maximum Gasteiger partial charge on any atom is 0.256 e. The van der Waals surface area contributed by atoms with Crippen molar-refractivity contribution in [1.82, 2.24) is 9.80 Å². The van der Waals surface area contributed by atoms with Crippen molar-refractivity contribution in [1.29, 1.82) is 0 Å². The first-order valence-corrected chi connectivity index (χ1v) is 6.51. The summed E-state index contributed by atoms with van der Waals surface area (Å²) in [5.41, 5.74) is 5.61. The van der Waals surface area contributed by atoms with E-state index in [9.17, 15) is 13.6 Å². The minimum absolute atomic E-state index is 0.0236. The first-order chi connectivity index (χ1) is 9.31. The summed E-state index contributed by atoms with van der Waals surface area (Å²) in [6.07, 6.45) is 0. The van der Waals surface area contributed by atoms with Crippen LogP contribution in [0.2, 0.25) is 0 Å². The smallest absolute Gasteiger partial charge is 0.256 e. The van der Waals surface area contributed by atoms with E-state index in [1.165, 1.54) is 0 Å². The van der Waals surface area contributed by atoms with Crippen molar-refractivity contribution in [2.75, 3.05) is 32.9 Å². The van der Waals surface area contributed by atoms with Crippen molar-refractivity contribution in [3.8, 4) is 0 Å². The number of halogens is 2. The van der Waals surface area contributed by atoms with Crippen molar-refractivity contribution >= 4 is 11.6 Å². The SMILES string of the molecule is CC1CN(C(=O)c2cc(F)c(F)cc2N)CC1N(C)C. The quantitative estimate of drug-likeness (QED) is 0.838. The summed E-state index contributed by atoms with van der Waals surface area (Å²) in [7, 11) is 3.92. The predicted molar refractivity (Wildman–Crippen MR) is 73.3 cm³/mol. The first kappa shape index (κ1) is 14.7. The number of nitrogens with two attached hydrogens (primary N) is 1. The maximum absolute atomic E-state index is 13.3. The highest BCUT2D eigenvalue weighted by Gasteiger charge is 2.34. The van der Waals surface area contributed by atoms with Crippen molar-refractivity contribution < 1.29 is 13.6 Å². The lowest BCUT2D eigenvalue weighted by Gasteiger charge is -2.22. The van der Waals surface area contributed by atoms with Crippen molar-refractivity contribution in [3.63, 3.8) is 0 Å². The summed E-state index contributed by atoms with van der Waals surface area (Å²) in [5.74, 6) is -2.13. The number of nitrogen functional groups attached to an aromatic ring is 1. The molecule has 4 nitrogen and oxygen atoms in total. The van der Waals surface area contributed by atoms with E-state index in [0.717, 1.165) is 12.1 Å². The number of rotatable bonds is 2. The molecule has 2 unspecified atom stereocenters. The fourth-order valence-electron chi connectivity index (χ4n) is 2.71. The molecule has 0 radical (unpaired) electrons. The number of carbonyl (C=O) groups excluding carboxylic acids is 1. The van der Waals surface area contributed by atoms with Crippen LogP contribution in [0.3, 0.4) is 0 Å². The van der Waals surface area contributed by atoms with Gasteiger partial charge in [-0.05, 0) is 26.1 Å². The molecule has 1 saturated heterocycles. The molecule has 110 valence electrons. The van der Waals surface area contributed by atoms with E-state index in [-0.39, 0.29) is 23.2 Å².